The predicted molar refractivity (Wildman–Crippen MR) is 144 cm³/mol. The lowest BCUT2D eigenvalue weighted by Gasteiger charge is -2.18. The maximum atomic E-state index is 13.4. The van der Waals surface area contributed by atoms with Crippen LogP contribution in [0.2, 0.25) is 15.1 Å². The van der Waals surface area contributed by atoms with Crippen molar-refractivity contribution in [2.24, 2.45) is 0 Å². The standard InChI is InChI=1S/C27H22Cl3N3O4/c1-37-26(35)21(31-25(34)23-18(28)4-2-5-19(23)29)14-15-8-10-17(11-9-15)33-24-20(30)6-3-7-22(24)32(27(33)36)16-12-13-16/h2-11,16,21H,12-14H2,1H3,(H,31,34)/t21-/m0/s1. The third kappa shape index (κ3) is 4.87. The highest BCUT2D eigenvalue weighted by molar-refractivity contribution is 6.39. The van der Waals surface area contributed by atoms with Crippen LogP contribution in [0.5, 0.6) is 0 Å². The molecule has 0 spiro atoms. The zero-order chi connectivity index (χ0) is 26.3. The number of methoxy groups -OCH3 is 1. The van der Waals surface area contributed by atoms with Crippen LogP contribution in [-0.2, 0) is 16.0 Å². The van der Waals surface area contributed by atoms with Gasteiger partial charge in [-0.05, 0) is 54.8 Å². The monoisotopic (exact) mass is 557 g/mol. The molecule has 4 aromatic rings. The Morgan fingerprint density at radius 1 is 0.973 bits per heavy atom. The maximum absolute atomic E-state index is 13.4. The number of hydrogen-bond donors (Lipinski definition) is 1. The molecule has 3 aromatic carbocycles. The highest BCUT2D eigenvalue weighted by Crippen LogP contribution is 2.38. The second kappa shape index (κ2) is 10.2. The molecule has 1 fully saturated rings. The normalized spacial score (nSPS) is 13.9. The van der Waals surface area contributed by atoms with Crippen molar-refractivity contribution >= 4 is 57.7 Å². The highest BCUT2D eigenvalue weighted by atomic mass is 35.5. The fourth-order valence-electron chi connectivity index (χ4n) is 4.45. The number of nitrogens with one attached hydrogen (secondary N) is 1. The highest BCUT2D eigenvalue weighted by Gasteiger charge is 2.30. The molecule has 1 N–H and O–H groups in total. The molecule has 1 saturated carbocycles. The smallest absolute Gasteiger partial charge is 0.334 e. The van der Waals surface area contributed by atoms with Gasteiger partial charge in [-0.15, -0.1) is 0 Å². The quantitative estimate of drug-likeness (QED) is 0.299. The van der Waals surface area contributed by atoms with Gasteiger partial charge in [0.1, 0.15) is 6.04 Å². The minimum atomic E-state index is -0.982. The summed E-state index contributed by atoms with van der Waals surface area (Å²) in [5, 5.41) is 3.50. The van der Waals surface area contributed by atoms with E-state index in [0.717, 1.165) is 23.9 Å². The molecule has 37 heavy (non-hydrogen) atoms. The van der Waals surface area contributed by atoms with Gasteiger partial charge in [0.15, 0.2) is 0 Å². The van der Waals surface area contributed by atoms with E-state index >= 15 is 0 Å². The van der Waals surface area contributed by atoms with Crippen molar-refractivity contribution in [1.82, 2.24) is 14.5 Å². The first kappa shape index (κ1) is 25.4. The number of para-hydroxylation sites is 1. The molecule has 0 saturated heterocycles. The topological polar surface area (TPSA) is 82.3 Å². The molecule has 10 heteroatoms. The lowest BCUT2D eigenvalue weighted by Crippen LogP contribution is -2.43. The molecule has 7 nitrogen and oxygen atoms in total. The Balaban J connectivity index is 1.44. The van der Waals surface area contributed by atoms with Crippen molar-refractivity contribution in [3.8, 4) is 5.69 Å². The molecular formula is C27H22Cl3N3O4. The molecule has 190 valence electrons. The minimum Gasteiger partial charge on any atom is -0.467 e. The minimum absolute atomic E-state index is 0.0818. The number of carbonyl (C=O) groups is 2. The average Bonchev–Trinajstić information content (AvgIpc) is 3.66. The average molecular weight is 559 g/mol. The molecule has 1 aliphatic rings. The van der Waals surface area contributed by atoms with Gasteiger partial charge in [-0.1, -0.05) is 59.1 Å². The van der Waals surface area contributed by atoms with Gasteiger partial charge < -0.3 is 10.1 Å². The summed E-state index contributed by atoms with van der Waals surface area (Å²) in [7, 11) is 1.25. The number of benzene rings is 3. The summed E-state index contributed by atoms with van der Waals surface area (Å²) in [6.45, 7) is 0. The molecule has 0 unspecified atom stereocenters. The van der Waals surface area contributed by atoms with E-state index in [1.807, 2.05) is 12.1 Å². The number of amides is 1. The zero-order valence-electron chi connectivity index (χ0n) is 19.7. The number of hydrogen-bond acceptors (Lipinski definition) is 4. The van der Waals surface area contributed by atoms with Crippen LogP contribution in [0.1, 0.15) is 34.8 Å². The molecule has 1 atom stereocenters. The van der Waals surface area contributed by atoms with Crippen LogP contribution in [0.3, 0.4) is 0 Å². The summed E-state index contributed by atoms with van der Waals surface area (Å²) in [5.41, 5.74) is 2.79. The van der Waals surface area contributed by atoms with Crippen molar-refractivity contribution in [2.45, 2.75) is 31.3 Å². The molecule has 1 heterocycles. The van der Waals surface area contributed by atoms with Crippen molar-refractivity contribution < 1.29 is 14.3 Å². The van der Waals surface area contributed by atoms with Gasteiger partial charge in [0, 0.05) is 12.5 Å². The van der Waals surface area contributed by atoms with Crippen LogP contribution in [-0.4, -0.2) is 34.2 Å². The van der Waals surface area contributed by atoms with E-state index in [4.69, 9.17) is 39.5 Å². The fraction of sp³-hybridized carbons (Fsp3) is 0.222. The molecular weight excluding hydrogens is 537 g/mol. The Bertz CT molecular complexity index is 1550. The van der Waals surface area contributed by atoms with E-state index in [-0.39, 0.29) is 33.8 Å². The molecule has 0 radical (unpaired) electrons. The molecule has 0 aliphatic heterocycles. The van der Waals surface area contributed by atoms with E-state index in [1.54, 1.807) is 57.7 Å². The number of rotatable bonds is 7. The number of nitrogens with zero attached hydrogens (tertiary/aromatic N) is 2. The SMILES string of the molecule is COC(=O)[C@H](Cc1ccc(-n2c(=O)n(C3CC3)c3cccc(Cl)c32)cc1)NC(=O)c1c(Cl)cccc1Cl. The lowest BCUT2D eigenvalue weighted by atomic mass is 10.0. The van der Waals surface area contributed by atoms with Gasteiger partial charge in [-0.25, -0.2) is 9.59 Å². The Morgan fingerprint density at radius 3 is 2.22 bits per heavy atom. The molecule has 1 amide bonds. The Hall–Kier alpha value is -3.26. The Kier molecular flexibility index (Phi) is 7.03. The molecule has 1 aromatic heterocycles. The fourth-order valence-corrected chi connectivity index (χ4v) is 5.27. The first-order valence-electron chi connectivity index (χ1n) is 11.6. The largest absolute Gasteiger partial charge is 0.467 e. The maximum Gasteiger partial charge on any atom is 0.334 e. The first-order chi connectivity index (χ1) is 17.8. The van der Waals surface area contributed by atoms with Gasteiger partial charge in [0.05, 0.1) is 44.5 Å². The van der Waals surface area contributed by atoms with E-state index < -0.39 is 17.9 Å². The van der Waals surface area contributed by atoms with Crippen LogP contribution in [0.15, 0.2) is 65.5 Å². The third-order valence-corrected chi connectivity index (χ3v) is 7.31. The van der Waals surface area contributed by atoms with Crippen LogP contribution < -0.4 is 11.0 Å². The second-order valence-electron chi connectivity index (χ2n) is 8.84. The van der Waals surface area contributed by atoms with Gasteiger partial charge in [-0.2, -0.15) is 0 Å². The van der Waals surface area contributed by atoms with Crippen molar-refractivity contribution in [3.63, 3.8) is 0 Å². The van der Waals surface area contributed by atoms with Crippen LogP contribution >= 0.6 is 34.8 Å². The molecule has 5 rings (SSSR count). The number of fused-ring (bicyclic) bond motifs is 1. The Labute approximate surface area is 227 Å². The third-order valence-electron chi connectivity index (χ3n) is 6.37. The first-order valence-corrected chi connectivity index (χ1v) is 12.8. The van der Waals surface area contributed by atoms with Crippen LogP contribution in [0.4, 0.5) is 0 Å². The van der Waals surface area contributed by atoms with E-state index in [2.05, 4.69) is 5.32 Å². The number of imidazole rings is 1. The predicted octanol–water partition coefficient (Wildman–Crippen LogP) is 5.60. The van der Waals surface area contributed by atoms with E-state index in [0.29, 0.717) is 16.2 Å². The number of carbonyl (C=O) groups excluding carboxylic acids is 2. The van der Waals surface area contributed by atoms with E-state index in [9.17, 15) is 14.4 Å². The number of halogens is 3. The van der Waals surface area contributed by atoms with Crippen molar-refractivity contribution in [2.75, 3.05) is 7.11 Å². The summed E-state index contributed by atoms with van der Waals surface area (Å²) < 4.78 is 8.31. The summed E-state index contributed by atoms with van der Waals surface area (Å²) in [4.78, 5) is 38.7. The van der Waals surface area contributed by atoms with Gasteiger partial charge in [-0.3, -0.25) is 13.9 Å². The summed E-state index contributed by atoms with van der Waals surface area (Å²) in [5.74, 6) is -1.20. The number of aromatic nitrogens is 2. The molecule has 0 bridgehead atoms. The van der Waals surface area contributed by atoms with Crippen molar-refractivity contribution in [1.29, 1.82) is 0 Å². The molecule has 1 aliphatic carbocycles. The van der Waals surface area contributed by atoms with Gasteiger partial charge >= 0.3 is 11.7 Å². The summed E-state index contributed by atoms with van der Waals surface area (Å²) >= 11 is 18.8. The summed E-state index contributed by atoms with van der Waals surface area (Å²) in [6.07, 6.45) is 2.08. The van der Waals surface area contributed by atoms with Gasteiger partial charge in [0.25, 0.3) is 5.91 Å². The summed E-state index contributed by atoms with van der Waals surface area (Å²) in [6, 6.07) is 16.6. The number of esters is 1. The van der Waals surface area contributed by atoms with Crippen LogP contribution in [0, 0.1) is 0 Å². The lowest BCUT2D eigenvalue weighted by molar-refractivity contribution is -0.142. The zero-order valence-corrected chi connectivity index (χ0v) is 22.0. The van der Waals surface area contributed by atoms with Crippen molar-refractivity contribution in [3.05, 3.63) is 97.3 Å². The Morgan fingerprint density at radius 2 is 1.59 bits per heavy atom. The van der Waals surface area contributed by atoms with Crippen LogP contribution in [0.25, 0.3) is 16.7 Å². The number of ether oxygens (including phenoxy) is 1. The van der Waals surface area contributed by atoms with Gasteiger partial charge in [0.2, 0.25) is 0 Å². The van der Waals surface area contributed by atoms with E-state index in [1.165, 1.54) is 7.11 Å². The second-order valence-corrected chi connectivity index (χ2v) is 10.1.